The summed E-state index contributed by atoms with van der Waals surface area (Å²) in [6.45, 7) is 5.87. The summed E-state index contributed by atoms with van der Waals surface area (Å²) in [5.41, 5.74) is 0.318. The third-order valence-corrected chi connectivity index (χ3v) is 4.70. The first kappa shape index (κ1) is 21.5. The summed E-state index contributed by atoms with van der Waals surface area (Å²) in [6, 6.07) is 7.01. The van der Waals surface area contributed by atoms with Gasteiger partial charge in [0.25, 0.3) is 0 Å². The van der Waals surface area contributed by atoms with Crippen molar-refractivity contribution in [2.75, 3.05) is 11.9 Å². The molecule has 1 aromatic rings. The largest absolute Gasteiger partial charge is 0.461 e. The fourth-order valence-electron chi connectivity index (χ4n) is 2.88. The lowest BCUT2D eigenvalue weighted by atomic mass is 10.2. The summed E-state index contributed by atoms with van der Waals surface area (Å²) in [4.78, 5) is 24.7. The molecule has 0 unspecified atom stereocenters. The third-order valence-electron chi connectivity index (χ3n) is 4.17. The van der Waals surface area contributed by atoms with Crippen molar-refractivity contribution < 1.29 is 19.1 Å². The van der Waals surface area contributed by atoms with E-state index in [-0.39, 0.29) is 6.10 Å². The zero-order valence-electron chi connectivity index (χ0n) is 16.2. The van der Waals surface area contributed by atoms with E-state index in [9.17, 15) is 9.59 Å². The smallest absolute Gasteiger partial charge is 0.408 e. The van der Waals surface area contributed by atoms with Crippen molar-refractivity contribution in [3.05, 3.63) is 28.7 Å². The van der Waals surface area contributed by atoms with E-state index in [2.05, 4.69) is 26.6 Å². The van der Waals surface area contributed by atoms with E-state index in [1.54, 1.807) is 20.8 Å². The van der Waals surface area contributed by atoms with Gasteiger partial charge in [0.1, 0.15) is 17.7 Å². The Kier molecular flexibility index (Phi) is 7.95. The highest BCUT2D eigenvalue weighted by molar-refractivity contribution is 9.10. The molecule has 0 aromatic heterocycles. The molecule has 0 radical (unpaired) electrons. The summed E-state index contributed by atoms with van der Waals surface area (Å²) in [6.07, 6.45) is 3.69. The number of nitrogens with one attached hydrogen (secondary N) is 2. The Balaban J connectivity index is 1.91. The number of esters is 1. The second kappa shape index (κ2) is 9.97. The van der Waals surface area contributed by atoms with Gasteiger partial charge < -0.3 is 20.1 Å². The number of hydrogen-bond acceptors (Lipinski definition) is 5. The van der Waals surface area contributed by atoms with Crippen molar-refractivity contribution in [3.63, 3.8) is 0 Å². The fourth-order valence-corrected chi connectivity index (χ4v) is 3.14. The number of alkyl carbamates (subject to hydrolysis) is 1. The van der Waals surface area contributed by atoms with Gasteiger partial charge in [0.15, 0.2) is 0 Å². The lowest BCUT2D eigenvalue weighted by Gasteiger charge is -2.24. The molecule has 1 aromatic carbocycles. The first-order valence-corrected chi connectivity index (χ1v) is 10.2. The molecule has 1 amide bonds. The van der Waals surface area contributed by atoms with Gasteiger partial charge in [0, 0.05) is 16.7 Å². The van der Waals surface area contributed by atoms with Crippen LogP contribution in [-0.4, -0.2) is 36.4 Å². The van der Waals surface area contributed by atoms with Crippen molar-refractivity contribution in [1.82, 2.24) is 5.32 Å². The predicted molar refractivity (Wildman–Crippen MR) is 109 cm³/mol. The van der Waals surface area contributed by atoms with E-state index in [0.29, 0.717) is 13.0 Å². The van der Waals surface area contributed by atoms with Gasteiger partial charge in [0.05, 0.1) is 0 Å². The quantitative estimate of drug-likeness (QED) is 0.604. The van der Waals surface area contributed by atoms with Crippen LogP contribution in [0.5, 0.6) is 0 Å². The molecule has 7 heteroatoms. The Bertz CT molecular complexity index is 622. The Hall–Kier alpha value is -1.76. The zero-order valence-corrected chi connectivity index (χ0v) is 17.8. The number of halogens is 1. The maximum absolute atomic E-state index is 12.6. The third kappa shape index (κ3) is 8.20. The number of amides is 1. The minimum atomic E-state index is -0.747. The van der Waals surface area contributed by atoms with E-state index in [0.717, 1.165) is 35.8 Å². The zero-order chi connectivity index (χ0) is 19.9. The van der Waals surface area contributed by atoms with Crippen molar-refractivity contribution in [2.24, 2.45) is 0 Å². The second-order valence-electron chi connectivity index (χ2n) is 7.76. The number of benzene rings is 1. The monoisotopic (exact) mass is 440 g/mol. The van der Waals surface area contributed by atoms with Crippen LogP contribution in [0.15, 0.2) is 28.7 Å². The molecule has 27 heavy (non-hydrogen) atoms. The molecule has 1 fully saturated rings. The standard InChI is InChI=1S/C20H29BrN2O4/c1-20(2,3)27-19(25)23-17(18(24)26-16-6-4-5-7-16)12-13-22-15-10-8-14(21)9-11-15/h8-11,16-17,22H,4-7,12-13H2,1-3H3,(H,23,25)/t17-/m0/s1. The first-order valence-electron chi connectivity index (χ1n) is 9.42. The summed E-state index contributed by atoms with van der Waals surface area (Å²) in [7, 11) is 0. The summed E-state index contributed by atoms with van der Waals surface area (Å²) in [5.74, 6) is -0.398. The van der Waals surface area contributed by atoms with Crippen LogP contribution in [0.2, 0.25) is 0 Å². The number of anilines is 1. The highest BCUT2D eigenvalue weighted by Crippen LogP contribution is 2.22. The second-order valence-corrected chi connectivity index (χ2v) is 8.68. The van der Waals surface area contributed by atoms with Crippen LogP contribution in [0, 0.1) is 0 Å². The van der Waals surface area contributed by atoms with E-state index >= 15 is 0 Å². The van der Waals surface area contributed by atoms with Gasteiger partial charge in [-0.15, -0.1) is 0 Å². The average Bonchev–Trinajstić information content (AvgIpc) is 3.07. The average molecular weight is 441 g/mol. The number of carbonyl (C=O) groups is 2. The normalized spacial score (nSPS) is 15.9. The molecule has 0 spiro atoms. The molecule has 1 aliphatic carbocycles. The number of rotatable bonds is 7. The van der Waals surface area contributed by atoms with Gasteiger partial charge in [-0.25, -0.2) is 9.59 Å². The molecular weight excluding hydrogens is 412 g/mol. The maximum atomic E-state index is 12.6. The minimum absolute atomic E-state index is 0.0418. The predicted octanol–water partition coefficient (Wildman–Crippen LogP) is 4.63. The highest BCUT2D eigenvalue weighted by atomic mass is 79.9. The molecule has 0 heterocycles. The molecule has 0 aliphatic heterocycles. The van der Waals surface area contributed by atoms with Gasteiger partial charge in [-0.2, -0.15) is 0 Å². The molecule has 2 N–H and O–H groups in total. The fraction of sp³-hybridized carbons (Fsp3) is 0.600. The van der Waals surface area contributed by atoms with E-state index < -0.39 is 23.7 Å². The van der Waals surface area contributed by atoms with Crippen molar-refractivity contribution in [2.45, 2.75) is 70.6 Å². The molecule has 2 rings (SSSR count). The van der Waals surface area contributed by atoms with Gasteiger partial charge in [-0.3, -0.25) is 0 Å². The van der Waals surface area contributed by atoms with Crippen LogP contribution in [0.25, 0.3) is 0 Å². The molecule has 1 saturated carbocycles. The van der Waals surface area contributed by atoms with Crippen LogP contribution in [0.4, 0.5) is 10.5 Å². The molecule has 150 valence electrons. The van der Waals surface area contributed by atoms with Crippen molar-refractivity contribution in [1.29, 1.82) is 0 Å². The van der Waals surface area contributed by atoms with Crippen LogP contribution in [0.3, 0.4) is 0 Å². The van der Waals surface area contributed by atoms with E-state index in [1.165, 1.54) is 0 Å². The molecule has 0 bridgehead atoms. The lowest BCUT2D eigenvalue weighted by Crippen LogP contribution is -2.45. The SMILES string of the molecule is CC(C)(C)OC(=O)N[C@@H](CCNc1ccc(Br)cc1)C(=O)OC1CCCC1. The molecule has 1 aliphatic rings. The van der Waals surface area contributed by atoms with Gasteiger partial charge >= 0.3 is 12.1 Å². The van der Waals surface area contributed by atoms with Crippen LogP contribution < -0.4 is 10.6 Å². The van der Waals surface area contributed by atoms with E-state index in [1.807, 2.05) is 24.3 Å². The summed E-state index contributed by atoms with van der Waals surface area (Å²) >= 11 is 3.40. The Morgan fingerprint density at radius 1 is 1.19 bits per heavy atom. The summed E-state index contributed by atoms with van der Waals surface area (Å²) < 4.78 is 11.9. The van der Waals surface area contributed by atoms with Gasteiger partial charge in [-0.1, -0.05) is 15.9 Å². The maximum Gasteiger partial charge on any atom is 0.408 e. The van der Waals surface area contributed by atoms with Crippen LogP contribution >= 0.6 is 15.9 Å². The Morgan fingerprint density at radius 3 is 2.41 bits per heavy atom. The highest BCUT2D eigenvalue weighted by Gasteiger charge is 2.28. The Labute approximate surface area is 169 Å². The summed E-state index contributed by atoms with van der Waals surface area (Å²) in [5, 5.41) is 5.91. The van der Waals surface area contributed by atoms with Crippen molar-refractivity contribution >= 4 is 33.7 Å². The molecule has 1 atom stereocenters. The number of carbonyl (C=O) groups excluding carboxylic acids is 2. The number of hydrogen-bond donors (Lipinski definition) is 2. The van der Waals surface area contributed by atoms with Gasteiger partial charge in [-0.05, 0) is 77.1 Å². The van der Waals surface area contributed by atoms with E-state index in [4.69, 9.17) is 9.47 Å². The van der Waals surface area contributed by atoms with Crippen LogP contribution in [0.1, 0.15) is 52.9 Å². The minimum Gasteiger partial charge on any atom is -0.461 e. The first-order chi connectivity index (χ1) is 12.7. The van der Waals surface area contributed by atoms with Crippen LogP contribution in [-0.2, 0) is 14.3 Å². The molecular formula is C20H29BrN2O4. The van der Waals surface area contributed by atoms with Gasteiger partial charge in [0.2, 0.25) is 0 Å². The van der Waals surface area contributed by atoms with Crippen molar-refractivity contribution in [3.8, 4) is 0 Å². The lowest BCUT2D eigenvalue weighted by molar-refractivity contribution is -0.151. The topological polar surface area (TPSA) is 76.7 Å². The molecule has 6 nitrogen and oxygen atoms in total. The molecule has 0 saturated heterocycles. The number of ether oxygens (including phenoxy) is 2. The Morgan fingerprint density at radius 2 is 1.81 bits per heavy atom.